The van der Waals surface area contributed by atoms with Gasteiger partial charge in [0.15, 0.2) is 0 Å². The predicted molar refractivity (Wildman–Crippen MR) is 150 cm³/mol. The first-order valence-electron chi connectivity index (χ1n) is 13.3. The Morgan fingerprint density at radius 2 is 1.88 bits per heavy atom. The summed E-state index contributed by atoms with van der Waals surface area (Å²) in [4.78, 5) is 11.0. The zero-order valence-corrected chi connectivity index (χ0v) is 23.7. The third-order valence-corrected chi connectivity index (χ3v) is 8.82. The number of hydrogen-bond acceptors (Lipinski definition) is 6. The second-order valence-corrected chi connectivity index (χ2v) is 12.4. The predicted octanol–water partition coefficient (Wildman–Crippen LogP) is 6.31. The molecular formula is C29H25ClF4N4O3S. The molecule has 220 valence electrons. The molecule has 0 saturated carbocycles. The molecule has 4 heterocycles. The standard InChI is InChI=1S/C29H25ClF4N4O3S/c30-26-13-35-8-6-24(26)25-3-1-2-19-10-22(41-42(39,40)29(32,33)34)4-5-23(19)28(25)20-7-9-38-17-21(36-27(38)11-20)16-37-14-18(12-31)15-37/h4-11,13,17-18H,1-3,12,14-16H2. The summed E-state index contributed by atoms with van der Waals surface area (Å²) >= 11 is 6.58. The number of aryl methyl sites for hydroxylation is 1. The van der Waals surface area contributed by atoms with Crippen LogP contribution in [0.1, 0.15) is 40.8 Å². The first kappa shape index (κ1) is 28.6. The van der Waals surface area contributed by atoms with E-state index in [0.717, 1.165) is 33.5 Å². The number of halogens is 5. The fourth-order valence-electron chi connectivity index (χ4n) is 5.61. The molecule has 0 amide bonds. The van der Waals surface area contributed by atoms with Crippen molar-refractivity contribution in [3.63, 3.8) is 0 Å². The minimum absolute atomic E-state index is 0.0776. The molecule has 0 unspecified atom stereocenters. The van der Waals surface area contributed by atoms with E-state index < -0.39 is 21.4 Å². The molecule has 0 spiro atoms. The topological polar surface area (TPSA) is 76.8 Å². The molecule has 13 heteroatoms. The number of imidazole rings is 1. The van der Waals surface area contributed by atoms with Gasteiger partial charge in [0.1, 0.15) is 11.4 Å². The molecule has 2 aliphatic rings. The number of pyridine rings is 2. The van der Waals surface area contributed by atoms with Crippen LogP contribution in [0.3, 0.4) is 0 Å². The molecule has 42 heavy (non-hydrogen) atoms. The van der Waals surface area contributed by atoms with E-state index in [1.165, 1.54) is 12.1 Å². The van der Waals surface area contributed by atoms with Crippen LogP contribution in [-0.2, 0) is 23.1 Å². The average molecular weight is 621 g/mol. The minimum atomic E-state index is -5.81. The Balaban J connectivity index is 1.44. The maximum absolute atomic E-state index is 13.0. The van der Waals surface area contributed by atoms with Crippen LogP contribution in [0.4, 0.5) is 17.6 Å². The summed E-state index contributed by atoms with van der Waals surface area (Å²) in [5.41, 5.74) is 0.685. The average Bonchev–Trinajstić information content (AvgIpc) is 3.22. The molecule has 6 rings (SSSR count). The van der Waals surface area contributed by atoms with Crippen LogP contribution in [0.2, 0.25) is 5.02 Å². The summed E-state index contributed by atoms with van der Waals surface area (Å²) in [7, 11) is -5.81. The molecule has 0 bridgehead atoms. The van der Waals surface area contributed by atoms with Crippen molar-refractivity contribution in [1.29, 1.82) is 0 Å². The van der Waals surface area contributed by atoms with Crippen LogP contribution in [0, 0.1) is 5.92 Å². The molecule has 0 atom stereocenters. The Kier molecular flexibility index (Phi) is 7.48. The first-order chi connectivity index (χ1) is 20.0. The number of aromatic nitrogens is 3. The van der Waals surface area contributed by atoms with Gasteiger partial charge in [-0.05, 0) is 83.0 Å². The van der Waals surface area contributed by atoms with Gasteiger partial charge in [0.2, 0.25) is 0 Å². The zero-order valence-electron chi connectivity index (χ0n) is 22.1. The lowest BCUT2D eigenvalue weighted by Gasteiger charge is -2.37. The van der Waals surface area contributed by atoms with Crippen molar-refractivity contribution in [2.24, 2.45) is 5.92 Å². The van der Waals surface area contributed by atoms with E-state index in [-0.39, 0.29) is 12.6 Å². The Morgan fingerprint density at radius 1 is 1.07 bits per heavy atom. The Labute approximate surface area is 244 Å². The summed E-state index contributed by atoms with van der Waals surface area (Å²) in [5.74, 6) is -0.334. The van der Waals surface area contributed by atoms with Gasteiger partial charge in [0.25, 0.3) is 0 Å². The smallest absolute Gasteiger partial charge is 0.376 e. The largest absolute Gasteiger partial charge is 0.534 e. The second-order valence-electron chi connectivity index (χ2n) is 10.5. The van der Waals surface area contributed by atoms with E-state index in [1.807, 2.05) is 35.0 Å². The van der Waals surface area contributed by atoms with E-state index in [2.05, 4.69) is 14.1 Å². The molecule has 4 aromatic rings. The number of fused-ring (bicyclic) bond motifs is 2. The monoisotopic (exact) mass is 620 g/mol. The first-order valence-corrected chi connectivity index (χ1v) is 15.0. The third kappa shape index (κ3) is 5.50. The molecule has 1 aliphatic heterocycles. The highest BCUT2D eigenvalue weighted by atomic mass is 35.5. The molecule has 0 radical (unpaired) electrons. The molecule has 0 N–H and O–H groups in total. The molecule has 1 saturated heterocycles. The quantitative estimate of drug-likeness (QED) is 0.137. The molecule has 1 aromatic carbocycles. The van der Waals surface area contributed by atoms with Crippen molar-refractivity contribution < 1.29 is 30.2 Å². The van der Waals surface area contributed by atoms with Gasteiger partial charge in [-0.25, -0.2) is 4.98 Å². The highest BCUT2D eigenvalue weighted by molar-refractivity contribution is 7.88. The molecular weight excluding hydrogens is 596 g/mol. The highest BCUT2D eigenvalue weighted by Gasteiger charge is 2.48. The molecule has 1 fully saturated rings. The maximum Gasteiger partial charge on any atom is 0.534 e. The number of rotatable bonds is 7. The van der Waals surface area contributed by atoms with Gasteiger partial charge >= 0.3 is 15.6 Å². The summed E-state index contributed by atoms with van der Waals surface area (Å²) in [6.07, 6.45) is 8.72. The van der Waals surface area contributed by atoms with Crippen molar-refractivity contribution in [1.82, 2.24) is 19.3 Å². The summed E-state index contributed by atoms with van der Waals surface area (Å²) in [5, 5.41) is 0.454. The third-order valence-electron chi connectivity index (χ3n) is 7.54. The summed E-state index contributed by atoms with van der Waals surface area (Å²) in [6.45, 7) is 1.69. The van der Waals surface area contributed by atoms with Crippen molar-refractivity contribution in [2.45, 2.75) is 31.3 Å². The van der Waals surface area contributed by atoms with Crippen molar-refractivity contribution in [3.05, 3.63) is 94.2 Å². The maximum atomic E-state index is 13.0. The van der Waals surface area contributed by atoms with E-state index in [4.69, 9.17) is 16.6 Å². The number of likely N-dealkylation sites (tertiary alicyclic amines) is 1. The van der Waals surface area contributed by atoms with Gasteiger partial charge < -0.3 is 8.58 Å². The molecule has 7 nitrogen and oxygen atoms in total. The van der Waals surface area contributed by atoms with Crippen LogP contribution >= 0.6 is 11.6 Å². The highest BCUT2D eigenvalue weighted by Crippen LogP contribution is 2.43. The van der Waals surface area contributed by atoms with Crippen LogP contribution in [0.15, 0.2) is 61.2 Å². The van der Waals surface area contributed by atoms with Gasteiger partial charge in [-0.3, -0.25) is 14.3 Å². The molecule has 3 aromatic heterocycles. The van der Waals surface area contributed by atoms with E-state index in [1.54, 1.807) is 18.5 Å². The van der Waals surface area contributed by atoms with Gasteiger partial charge in [0.05, 0.1) is 17.4 Å². The zero-order chi connectivity index (χ0) is 29.6. The fraction of sp³-hybridized carbons (Fsp3) is 0.310. The van der Waals surface area contributed by atoms with Crippen LogP contribution < -0.4 is 4.18 Å². The number of hydrogen-bond donors (Lipinski definition) is 0. The second kappa shape index (κ2) is 11.0. The summed E-state index contributed by atoms with van der Waals surface area (Å²) < 4.78 is 81.4. The number of benzene rings is 1. The van der Waals surface area contributed by atoms with Crippen molar-refractivity contribution >= 4 is 38.5 Å². The number of allylic oxidation sites excluding steroid dienone is 1. The van der Waals surface area contributed by atoms with Crippen LogP contribution in [0.5, 0.6) is 5.75 Å². The lowest BCUT2D eigenvalue weighted by molar-refractivity contribution is -0.0500. The SMILES string of the molecule is O=S(=O)(Oc1ccc2c(c1)CCCC(c1ccncc1Cl)=C2c1ccn2cc(CN3CC(CF)C3)nc2c1)C(F)(F)F. The lowest BCUT2D eigenvalue weighted by Crippen LogP contribution is -2.46. The number of nitrogens with zero attached hydrogens (tertiary/aromatic N) is 4. The Hall–Kier alpha value is -3.48. The van der Waals surface area contributed by atoms with Crippen LogP contribution in [-0.4, -0.2) is 53.0 Å². The minimum Gasteiger partial charge on any atom is -0.376 e. The van der Waals surface area contributed by atoms with Gasteiger partial charge in [-0.15, -0.1) is 0 Å². The van der Waals surface area contributed by atoms with E-state index >= 15 is 0 Å². The lowest BCUT2D eigenvalue weighted by atomic mass is 9.88. The van der Waals surface area contributed by atoms with Gasteiger partial charge in [0, 0.05) is 50.3 Å². The van der Waals surface area contributed by atoms with E-state index in [0.29, 0.717) is 55.1 Å². The van der Waals surface area contributed by atoms with Crippen molar-refractivity contribution in [3.8, 4) is 5.75 Å². The van der Waals surface area contributed by atoms with Gasteiger partial charge in [-0.2, -0.15) is 21.6 Å². The van der Waals surface area contributed by atoms with Crippen molar-refractivity contribution in [2.75, 3.05) is 19.8 Å². The normalized spacial score (nSPS) is 16.8. The number of alkyl halides is 4. The fourth-order valence-corrected chi connectivity index (χ4v) is 6.29. The van der Waals surface area contributed by atoms with Crippen LogP contribution in [0.25, 0.3) is 16.8 Å². The van der Waals surface area contributed by atoms with E-state index in [9.17, 15) is 26.0 Å². The van der Waals surface area contributed by atoms with Gasteiger partial charge in [-0.1, -0.05) is 17.7 Å². The summed E-state index contributed by atoms with van der Waals surface area (Å²) in [6, 6.07) is 9.84. The Morgan fingerprint density at radius 3 is 2.62 bits per heavy atom. The Bertz CT molecular complexity index is 1800. The molecule has 1 aliphatic carbocycles.